The number of β-amino-alcohol motifs (C(OH)–C–C–N with tert-alkyl or cyclic N) is 1. The zero-order chi connectivity index (χ0) is 19.3. The van der Waals surface area contributed by atoms with Crippen molar-refractivity contribution in [3.63, 3.8) is 0 Å². The second-order valence-corrected chi connectivity index (χ2v) is 7.13. The average Bonchev–Trinajstić information content (AvgIpc) is 3.35. The Bertz CT molecular complexity index is 899. The minimum Gasteiger partial charge on any atom is -0.497 e. The van der Waals surface area contributed by atoms with Gasteiger partial charge in [0.2, 0.25) is 0 Å². The molecule has 0 aliphatic carbocycles. The SMILES string of the molecule is COc1ccc(-c2nn(-c3ccccc3)cc2CNCC2CNCC2O)cc1.Cl. The molecule has 7 heteroatoms. The molecule has 1 fully saturated rings. The first-order valence-electron chi connectivity index (χ1n) is 9.62. The molecule has 4 rings (SSSR count). The Morgan fingerprint density at radius 3 is 2.55 bits per heavy atom. The Kier molecular flexibility index (Phi) is 7.28. The summed E-state index contributed by atoms with van der Waals surface area (Å²) in [6, 6.07) is 18.1. The topological polar surface area (TPSA) is 71.3 Å². The third-order valence-electron chi connectivity index (χ3n) is 5.20. The van der Waals surface area contributed by atoms with Gasteiger partial charge in [-0.25, -0.2) is 4.68 Å². The number of aliphatic hydroxyl groups excluding tert-OH is 1. The monoisotopic (exact) mass is 414 g/mol. The van der Waals surface area contributed by atoms with Gasteiger partial charge in [0.1, 0.15) is 5.75 Å². The number of rotatable bonds is 7. The number of ether oxygens (including phenoxy) is 1. The smallest absolute Gasteiger partial charge is 0.118 e. The van der Waals surface area contributed by atoms with Crippen LogP contribution < -0.4 is 15.4 Å². The molecular formula is C22H27ClN4O2. The summed E-state index contributed by atoms with van der Waals surface area (Å²) in [7, 11) is 1.67. The minimum absolute atomic E-state index is 0. The van der Waals surface area contributed by atoms with Crippen molar-refractivity contribution in [3.05, 3.63) is 66.4 Å². The van der Waals surface area contributed by atoms with Gasteiger partial charge in [-0.05, 0) is 36.4 Å². The van der Waals surface area contributed by atoms with Gasteiger partial charge in [0.15, 0.2) is 0 Å². The van der Waals surface area contributed by atoms with E-state index in [0.29, 0.717) is 13.1 Å². The van der Waals surface area contributed by atoms with Crippen LogP contribution in [0, 0.1) is 5.92 Å². The fourth-order valence-electron chi connectivity index (χ4n) is 3.56. The second-order valence-electron chi connectivity index (χ2n) is 7.13. The fourth-order valence-corrected chi connectivity index (χ4v) is 3.56. The van der Waals surface area contributed by atoms with Crippen molar-refractivity contribution < 1.29 is 9.84 Å². The van der Waals surface area contributed by atoms with Crippen LogP contribution in [-0.4, -0.2) is 47.7 Å². The van der Waals surface area contributed by atoms with E-state index in [1.807, 2.05) is 59.3 Å². The number of aromatic nitrogens is 2. The molecule has 3 aromatic rings. The first kappa shape index (κ1) is 21.3. The minimum atomic E-state index is -0.277. The predicted molar refractivity (Wildman–Crippen MR) is 117 cm³/mol. The second kappa shape index (κ2) is 9.89. The molecule has 0 radical (unpaired) electrons. The average molecular weight is 415 g/mol. The molecule has 2 heterocycles. The number of nitrogens with zero attached hydrogens (tertiary/aromatic N) is 2. The number of hydrogen-bond donors (Lipinski definition) is 3. The third kappa shape index (κ3) is 4.97. The van der Waals surface area contributed by atoms with Gasteiger partial charge in [-0.15, -0.1) is 12.4 Å². The Balaban J connectivity index is 0.00000240. The number of benzene rings is 2. The lowest BCUT2D eigenvalue weighted by atomic mass is 10.1. The molecule has 0 saturated carbocycles. The highest BCUT2D eigenvalue weighted by molar-refractivity contribution is 5.85. The van der Waals surface area contributed by atoms with E-state index in [4.69, 9.17) is 9.84 Å². The quantitative estimate of drug-likeness (QED) is 0.554. The molecule has 29 heavy (non-hydrogen) atoms. The molecule has 3 N–H and O–H groups in total. The Morgan fingerprint density at radius 1 is 1.14 bits per heavy atom. The van der Waals surface area contributed by atoms with Crippen molar-refractivity contribution in [2.45, 2.75) is 12.6 Å². The molecule has 1 aliphatic rings. The van der Waals surface area contributed by atoms with Crippen LogP contribution in [0.1, 0.15) is 5.56 Å². The van der Waals surface area contributed by atoms with Crippen molar-refractivity contribution in [1.29, 1.82) is 0 Å². The van der Waals surface area contributed by atoms with E-state index in [2.05, 4.69) is 16.8 Å². The van der Waals surface area contributed by atoms with Gasteiger partial charge >= 0.3 is 0 Å². The molecule has 0 bridgehead atoms. The van der Waals surface area contributed by atoms with E-state index in [1.54, 1.807) is 7.11 Å². The van der Waals surface area contributed by atoms with Crippen LogP contribution in [0.15, 0.2) is 60.8 Å². The fraction of sp³-hybridized carbons (Fsp3) is 0.318. The van der Waals surface area contributed by atoms with Gasteiger partial charge in [0.25, 0.3) is 0 Å². The van der Waals surface area contributed by atoms with Crippen LogP contribution in [0.3, 0.4) is 0 Å². The molecule has 0 spiro atoms. The van der Waals surface area contributed by atoms with E-state index in [-0.39, 0.29) is 24.4 Å². The maximum atomic E-state index is 9.99. The maximum absolute atomic E-state index is 9.99. The normalized spacial score (nSPS) is 18.4. The van der Waals surface area contributed by atoms with Crippen LogP contribution >= 0.6 is 12.4 Å². The number of para-hydroxylation sites is 1. The molecule has 0 amide bonds. The summed E-state index contributed by atoms with van der Waals surface area (Å²) in [4.78, 5) is 0. The number of methoxy groups -OCH3 is 1. The summed E-state index contributed by atoms with van der Waals surface area (Å²) in [5.74, 6) is 1.07. The van der Waals surface area contributed by atoms with Gasteiger partial charge in [-0.2, -0.15) is 5.10 Å². The standard InChI is InChI=1S/C22H26N4O2.ClH/c1-28-20-9-7-16(8-10-20)22-18(13-23-11-17-12-24-14-21(17)27)15-26(25-22)19-5-3-2-4-6-19;/h2-10,15,17,21,23-24,27H,11-14H2,1H3;1H. The Labute approximate surface area is 177 Å². The van der Waals surface area contributed by atoms with Crippen molar-refractivity contribution in [2.24, 2.45) is 5.92 Å². The summed E-state index contributed by atoms with van der Waals surface area (Å²) >= 11 is 0. The highest BCUT2D eigenvalue weighted by Gasteiger charge is 2.24. The molecule has 154 valence electrons. The number of halogens is 1. The lowest BCUT2D eigenvalue weighted by Gasteiger charge is -2.14. The maximum Gasteiger partial charge on any atom is 0.118 e. The van der Waals surface area contributed by atoms with E-state index in [0.717, 1.165) is 41.3 Å². The van der Waals surface area contributed by atoms with E-state index in [1.165, 1.54) is 0 Å². The van der Waals surface area contributed by atoms with Gasteiger partial charge in [0.05, 0.1) is 24.6 Å². The van der Waals surface area contributed by atoms with Crippen LogP contribution in [0.5, 0.6) is 5.75 Å². The number of hydrogen-bond acceptors (Lipinski definition) is 5. The van der Waals surface area contributed by atoms with Crippen LogP contribution in [0.25, 0.3) is 16.9 Å². The van der Waals surface area contributed by atoms with Crippen LogP contribution in [0.4, 0.5) is 0 Å². The molecule has 1 aliphatic heterocycles. The van der Waals surface area contributed by atoms with Crippen molar-refractivity contribution in [1.82, 2.24) is 20.4 Å². The molecular weight excluding hydrogens is 388 g/mol. The summed E-state index contributed by atoms with van der Waals surface area (Å²) in [6.45, 7) is 2.99. The lowest BCUT2D eigenvalue weighted by Crippen LogP contribution is -2.30. The van der Waals surface area contributed by atoms with Gasteiger partial charge in [-0.3, -0.25) is 0 Å². The van der Waals surface area contributed by atoms with Gasteiger partial charge in [0, 0.05) is 49.4 Å². The van der Waals surface area contributed by atoms with Crippen molar-refractivity contribution in [2.75, 3.05) is 26.7 Å². The largest absolute Gasteiger partial charge is 0.497 e. The zero-order valence-corrected chi connectivity index (χ0v) is 17.2. The van der Waals surface area contributed by atoms with E-state index >= 15 is 0 Å². The van der Waals surface area contributed by atoms with Crippen LogP contribution in [-0.2, 0) is 6.54 Å². The molecule has 2 atom stereocenters. The third-order valence-corrected chi connectivity index (χ3v) is 5.20. The first-order chi connectivity index (χ1) is 13.7. The predicted octanol–water partition coefficient (Wildman–Crippen LogP) is 2.64. The molecule has 2 unspecified atom stereocenters. The van der Waals surface area contributed by atoms with Crippen LogP contribution in [0.2, 0.25) is 0 Å². The Hall–Kier alpha value is -2.38. The zero-order valence-electron chi connectivity index (χ0n) is 16.4. The van der Waals surface area contributed by atoms with E-state index in [9.17, 15) is 5.11 Å². The van der Waals surface area contributed by atoms with Crippen molar-refractivity contribution in [3.8, 4) is 22.7 Å². The summed E-state index contributed by atoms with van der Waals surface area (Å²) in [5, 5.41) is 21.6. The van der Waals surface area contributed by atoms with E-state index < -0.39 is 0 Å². The van der Waals surface area contributed by atoms with Gasteiger partial charge < -0.3 is 20.5 Å². The highest BCUT2D eigenvalue weighted by atomic mass is 35.5. The molecule has 6 nitrogen and oxygen atoms in total. The van der Waals surface area contributed by atoms with Crippen molar-refractivity contribution >= 4 is 12.4 Å². The first-order valence-corrected chi connectivity index (χ1v) is 9.62. The number of aliphatic hydroxyl groups is 1. The summed E-state index contributed by atoms with van der Waals surface area (Å²) < 4.78 is 7.19. The lowest BCUT2D eigenvalue weighted by molar-refractivity contribution is 0.146. The summed E-state index contributed by atoms with van der Waals surface area (Å²) in [6.07, 6.45) is 1.80. The summed E-state index contributed by atoms with van der Waals surface area (Å²) in [5.41, 5.74) is 4.15. The Morgan fingerprint density at radius 2 is 1.90 bits per heavy atom. The number of nitrogens with one attached hydrogen (secondary N) is 2. The highest BCUT2D eigenvalue weighted by Crippen LogP contribution is 2.26. The molecule has 1 aromatic heterocycles. The van der Waals surface area contributed by atoms with Gasteiger partial charge in [-0.1, -0.05) is 18.2 Å². The molecule has 2 aromatic carbocycles. The molecule has 1 saturated heterocycles.